The van der Waals surface area contributed by atoms with E-state index in [0.717, 1.165) is 12.1 Å². The average Bonchev–Trinajstić information content (AvgIpc) is 2.97. The number of fused-ring (bicyclic) bond motifs is 1. The van der Waals surface area contributed by atoms with Crippen LogP contribution in [0, 0.1) is 12.7 Å². The van der Waals surface area contributed by atoms with Crippen LogP contribution in [0.15, 0.2) is 36.5 Å². The first kappa shape index (κ1) is 14.2. The van der Waals surface area contributed by atoms with Gasteiger partial charge in [-0.1, -0.05) is 6.92 Å². The number of rotatable bonds is 3. The molecule has 0 aliphatic rings. The SMILES string of the molecule is CCc1cc(C(=O)Nc2ccc(F)cc2C)nc2ccnn12. The molecule has 3 rings (SSSR count). The Bertz CT molecular complexity index is 856. The van der Waals surface area contributed by atoms with Crippen LogP contribution in [0.5, 0.6) is 0 Å². The Labute approximate surface area is 126 Å². The van der Waals surface area contributed by atoms with Crippen molar-refractivity contribution >= 4 is 17.2 Å². The summed E-state index contributed by atoms with van der Waals surface area (Å²) in [6, 6.07) is 7.70. The molecule has 6 heteroatoms. The summed E-state index contributed by atoms with van der Waals surface area (Å²) in [6.45, 7) is 3.73. The number of hydrogen-bond donors (Lipinski definition) is 1. The van der Waals surface area contributed by atoms with Gasteiger partial charge in [0.25, 0.3) is 5.91 Å². The Morgan fingerprint density at radius 3 is 2.86 bits per heavy atom. The molecule has 112 valence electrons. The van der Waals surface area contributed by atoms with Gasteiger partial charge in [-0.2, -0.15) is 5.10 Å². The molecular formula is C16H15FN4O. The van der Waals surface area contributed by atoms with E-state index < -0.39 is 0 Å². The Morgan fingerprint density at radius 1 is 1.32 bits per heavy atom. The summed E-state index contributed by atoms with van der Waals surface area (Å²) < 4.78 is 14.8. The highest BCUT2D eigenvalue weighted by molar-refractivity contribution is 6.03. The number of benzene rings is 1. The summed E-state index contributed by atoms with van der Waals surface area (Å²) in [4.78, 5) is 16.7. The number of nitrogens with one attached hydrogen (secondary N) is 1. The topological polar surface area (TPSA) is 59.3 Å². The van der Waals surface area contributed by atoms with Gasteiger partial charge >= 0.3 is 0 Å². The molecule has 1 amide bonds. The lowest BCUT2D eigenvalue weighted by Crippen LogP contribution is -2.16. The lowest BCUT2D eigenvalue weighted by molar-refractivity contribution is 0.102. The van der Waals surface area contributed by atoms with E-state index in [2.05, 4.69) is 15.4 Å². The summed E-state index contributed by atoms with van der Waals surface area (Å²) in [6.07, 6.45) is 2.38. The van der Waals surface area contributed by atoms with Crippen molar-refractivity contribution in [3.05, 3.63) is 59.3 Å². The van der Waals surface area contributed by atoms with Crippen LogP contribution in [0.25, 0.3) is 5.65 Å². The van der Waals surface area contributed by atoms with Gasteiger partial charge in [-0.05, 0) is 43.2 Å². The van der Waals surface area contributed by atoms with Crippen LogP contribution in [-0.4, -0.2) is 20.5 Å². The van der Waals surface area contributed by atoms with Gasteiger partial charge in [0.1, 0.15) is 11.5 Å². The fourth-order valence-corrected chi connectivity index (χ4v) is 2.30. The zero-order valence-electron chi connectivity index (χ0n) is 12.3. The van der Waals surface area contributed by atoms with E-state index in [4.69, 9.17) is 0 Å². The zero-order valence-corrected chi connectivity index (χ0v) is 12.3. The van der Waals surface area contributed by atoms with Crippen molar-refractivity contribution in [1.29, 1.82) is 0 Å². The van der Waals surface area contributed by atoms with E-state index in [0.29, 0.717) is 22.6 Å². The van der Waals surface area contributed by atoms with Crippen LogP contribution in [0.1, 0.15) is 28.7 Å². The normalized spacial score (nSPS) is 10.9. The molecule has 0 atom stereocenters. The summed E-state index contributed by atoms with van der Waals surface area (Å²) >= 11 is 0. The molecule has 0 radical (unpaired) electrons. The lowest BCUT2D eigenvalue weighted by Gasteiger charge is -2.09. The fraction of sp³-hybridized carbons (Fsp3) is 0.188. The molecule has 2 heterocycles. The van der Waals surface area contributed by atoms with Crippen molar-refractivity contribution in [2.45, 2.75) is 20.3 Å². The quantitative estimate of drug-likeness (QED) is 0.808. The Morgan fingerprint density at radius 2 is 2.14 bits per heavy atom. The summed E-state index contributed by atoms with van der Waals surface area (Å²) in [5.41, 5.74) is 3.07. The molecule has 0 unspecified atom stereocenters. The second kappa shape index (κ2) is 5.55. The summed E-state index contributed by atoms with van der Waals surface area (Å²) in [5, 5.41) is 6.94. The molecule has 22 heavy (non-hydrogen) atoms. The first-order valence-electron chi connectivity index (χ1n) is 6.99. The first-order valence-corrected chi connectivity index (χ1v) is 6.99. The third-order valence-electron chi connectivity index (χ3n) is 3.46. The molecular weight excluding hydrogens is 283 g/mol. The van der Waals surface area contributed by atoms with Gasteiger partial charge in [-0.25, -0.2) is 13.9 Å². The Hall–Kier alpha value is -2.76. The van der Waals surface area contributed by atoms with Crippen LogP contribution in [0.2, 0.25) is 0 Å². The number of anilines is 1. The molecule has 0 fully saturated rings. The van der Waals surface area contributed by atoms with Gasteiger partial charge in [0, 0.05) is 17.4 Å². The molecule has 0 saturated carbocycles. The predicted molar refractivity (Wildman–Crippen MR) is 81.5 cm³/mol. The average molecular weight is 298 g/mol. The second-order valence-electron chi connectivity index (χ2n) is 5.00. The molecule has 0 aliphatic heterocycles. The van der Waals surface area contributed by atoms with Gasteiger partial charge in [0.05, 0.1) is 6.20 Å². The van der Waals surface area contributed by atoms with Crippen molar-refractivity contribution < 1.29 is 9.18 Å². The molecule has 2 aromatic heterocycles. The van der Waals surface area contributed by atoms with Gasteiger partial charge in [-0.15, -0.1) is 0 Å². The minimum atomic E-state index is -0.331. The van der Waals surface area contributed by atoms with Gasteiger partial charge in [0.15, 0.2) is 5.65 Å². The number of carbonyl (C=O) groups excluding carboxylic acids is 1. The maximum Gasteiger partial charge on any atom is 0.274 e. The van der Waals surface area contributed by atoms with Crippen molar-refractivity contribution in [3.63, 3.8) is 0 Å². The number of amides is 1. The van der Waals surface area contributed by atoms with Gasteiger partial charge in [0.2, 0.25) is 0 Å². The summed E-state index contributed by atoms with van der Waals surface area (Å²) in [5.74, 6) is -0.657. The van der Waals surface area contributed by atoms with Crippen LogP contribution in [0.3, 0.4) is 0 Å². The number of carbonyl (C=O) groups is 1. The molecule has 3 aromatic rings. The lowest BCUT2D eigenvalue weighted by atomic mass is 10.2. The molecule has 1 aromatic carbocycles. The zero-order chi connectivity index (χ0) is 15.7. The number of aromatic nitrogens is 3. The first-order chi connectivity index (χ1) is 10.6. The number of nitrogens with zero attached hydrogens (tertiary/aromatic N) is 3. The number of hydrogen-bond acceptors (Lipinski definition) is 3. The van der Waals surface area contributed by atoms with Crippen molar-refractivity contribution in [2.24, 2.45) is 0 Å². The molecule has 0 saturated heterocycles. The number of aryl methyl sites for hydroxylation is 2. The third-order valence-corrected chi connectivity index (χ3v) is 3.46. The van der Waals surface area contributed by atoms with Crippen LogP contribution in [0.4, 0.5) is 10.1 Å². The van der Waals surface area contributed by atoms with E-state index in [1.165, 1.54) is 12.1 Å². The van der Waals surface area contributed by atoms with E-state index in [1.807, 2.05) is 6.92 Å². The van der Waals surface area contributed by atoms with E-state index in [-0.39, 0.29) is 11.7 Å². The predicted octanol–water partition coefficient (Wildman–Crippen LogP) is 2.99. The minimum absolute atomic E-state index is 0.313. The number of halogens is 1. The maximum atomic E-state index is 13.1. The van der Waals surface area contributed by atoms with Crippen LogP contribution >= 0.6 is 0 Å². The highest BCUT2D eigenvalue weighted by atomic mass is 19.1. The Balaban J connectivity index is 1.94. The van der Waals surface area contributed by atoms with Crippen LogP contribution in [-0.2, 0) is 6.42 Å². The largest absolute Gasteiger partial charge is 0.320 e. The molecule has 0 spiro atoms. The van der Waals surface area contributed by atoms with Crippen molar-refractivity contribution in [2.75, 3.05) is 5.32 Å². The second-order valence-corrected chi connectivity index (χ2v) is 5.00. The highest BCUT2D eigenvalue weighted by Gasteiger charge is 2.13. The third kappa shape index (κ3) is 2.55. The van der Waals surface area contributed by atoms with Gasteiger partial charge in [-0.3, -0.25) is 4.79 Å². The van der Waals surface area contributed by atoms with E-state index in [1.54, 1.807) is 35.8 Å². The van der Waals surface area contributed by atoms with Gasteiger partial charge < -0.3 is 5.32 Å². The fourth-order valence-electron chi connectivity index (χ4n) is 2.30. The molecule has 0 aliphatic carbocycles. The maximum absolute atomic E-state index is 13.1. The van der Waals surface area contributed by atoms with Crippen LogP contribution < -0.4 is 5.32 Å². The standard InChI is InChI=1S/C16H15FN4O/c1-3-12-9-14(19-15-6-7-18-21(12)15)16(22)20-13-5-4-11(17)8-10(13)2/h4-9H,3H2,1-2H3,(H,20,22). The molecule has 5 nitrogen and oxygen atoms in total. The van der Waals surface area contributed by atoms with Crippen molar-refractivity contribution in [3.8, 4) is 0 Å². The monoisotopic (exact) mass is 298 g/mol. The molecule has 1 N–H and O–H groups in total. The molecule has 0 bridgehead atoms. The smallest absolute Gasteiger partial charge is 0.274 e. The van der Waals surface area contributed by atoms with E-state index in [9.17, 15) is 9.18 Å². The highest BCUT2D eigenvalue weighted by Crippen LogP contribution is 2.17. The summed E-state index contributed by atoms with van der Waals surface area (Å²) in [7, 11) is 0. The van der Waals surface area contributed by atoms with E-state index >= 15 is 0 Å². The Kier molecular flexibility index (Phi) is 3.58. The van der Waals surface area contributed by atoms with Crippen molar-refractivity contribution in [1.82, 2.24) is 14.6 Å². The minimum Gasteiger partial charge on any atom is -0.320 e.